The van der Waals surface area contributed by atoms with E-state index in [1.807, 2.05) is 12.3 Å². The fourth-order valence-electron chi connectivity index (χ4n) is 2.35. The van der Waals surface area contributed by atoms with Crippen molar-refractivity contribution in [1.29, 1.82) is 0 Å². The van der Waals surface area contributed by atoms with Crippen LogP contribution < -0.4 is 4.90 Å². The molecule has 1 aliphatic carbocycles. The number of hydrogen-bond donors (Lipinski definition) is 1. The lowest BCUT2D eigenvalue weighted by Crippen LogP contribution is -2.29. The smallest absolute Gasteiger partial charge is 0.0703 e. The van der Waals surface area contributed by atoms with Gasteiger partial charge in [0, 0.05) is 24.8 Å². The predicted molar refractivity (Wildman–Crippen MR) is 60.8 cm³/mol. The minimum atomic E-state index is 0.0922. The summed E-state index contributed by atoms with van der Waals surface area (Å²) in [5.41, 5.74) is 2.05. The van der Waals surface area contributed by atoms with Crippen LogP contribution in [-0.2, 0) is 6.61 Å². The molecule has 0 radical (unpaired) electrons. The molecule has 1 saturated carbocycles. The maximum Gasteiger partial charge on any atom is 0.0703 e. The van der Waals surface area contributed by atoms with Gasteiger partial charge in [-0.3, -0.25) is 4.98 Å². The number of aliphatic hydroxyl groups is 1. The molecule has 1 aromatic rings. The predicted octanol–water partition coefficient (Wildman–Crippen LogP) is 1.95. The molecule has 1 fully saturated rings. The van der Waals surface area contributed by atoms with Crippen molar-refractivity contribution in [3.05, 3.63) is 24.0 Å². The Morgan fingerprint density at radius 3 is 2.87 bits per heavy atom. The fourth-order valence-corrected chi connectivity index (χ4v) is 2.35. The highest BCUT2D eigenvalue weighted by atomic mass is 16.3. The summed E-state index contributed by atoms with van der Waals surface area (Å²) >= 11 is 0. The molecule has 0 amide bonds. The summed E-state index contributed by atoms with van der Waals surface area (Å²) in [6.07, 6.45) is 8.75. The molecule has 1 aromatic heterocycles. The average molecular weight is 206 g/mol. The Labute approximate surface area is 90.8 Å². The number of aromatic nitrogens is 1. The van der Waals surface area contributed by atoms with Gasteiger partial charge in [0.1, 0.15) is 0 Å². The van der Waals surface area contributed by atoms with Crippen molar-refractivity contribution in [2.75, 3.05) is 11.9 Å². The van der Waals surface area contributed by atoms with Crippen molar-refractivity contribution in [3.63, 3.8) is 0 Å². The zero-order valence-electron chi connectivity index (χ0n) is 9.19. The van der Waals surface area contributed by atoms with Crippen LogP contribution in [0.2, 0.25) is 0 Å². The minimum absolute atomic E-state index is 0.0922. The summed E-state index contributed by atoms with van der Waals surface area (Å²) in [4.78, 5) is 6.40. The molecule has 0 saturated heterocycles. The first-order valence-electron chi connectivity index (χ1n) is 5.59. The van der Waals surface area contributed by atoms with Crippen LogP contribution in [0.15, 0.2) is 18.5 Å². The van der Waals surface area contributed by atoms with Gasteiger partial charge in [0.2, 0.25) is 0 Å². The van der Waals surface area contributed by atoms with Crippen LogP contribution in [-0.4, -0.2) is 23.2 Å². The van der Waals surface area contributed by atoms with E-state index < -0.39 is 0 Å². The van der Waals surface area contributed by atoms with Crippen LogP contribution in [0.4, 0.5) is 5.69 Å². The van der Waals surface area contributed by atoms with Crippen LogP contribution in [0.1, 0.15) is 31.2 Å². The summed E-state index contributed by atoms with van der Waals surface area (Å²) in [5, 5.41) is 9.26. The van der Waals surface area contributed by atoms with E-state index >= 15 is 0 Å². The molecule has 0 unspecified atom stereocenters. The first-order chi connectivity index (χ1) is 7.33. The standard InChI is InChI=1S/C12H18N2O/c1-14(11-4-2-3-5-11)12-8-13-7-6-10(12)9-15/h6-8,11,15H,2-5,9H2,1H3. The molecule has 1 N–H and O–H groups in total. The minimum Gasteiger partial charge on any atom is -0.392 e. The Bertz CT molecular complexity index is 321. The Kier molecular flexibility index (Phi) is 3.21. The number of hydrogen-bond acceptors (Lipinski definition) is 3. The Morgan fingerprint density at radius 1 is 1.47 bits per heavy atom. The number of pyridine rings is 1. The van der Waals surface area contributed by atoms with Crippen molar-refractivity contribution in [2.45, 2.75) is 38.3 Å². The monoisotopic (exact) mass is 206 g/mol. The molecule has 2 rings (SSSR count). The summed E-state index contributed by atoms with van der Waals surface area (Å²) in [6.45, 7) is 0.0922. The quantitative estimate of drug-likeness (QED) is 0.821. The second-order valence-corrected chi connectivity index (χ2v) is 4.21. The van der Waals surface area contributed by atoms with Gasteiger partial charge >= 0.3 is 0 Å². The second kappa shape index (κ2) is 4.62. The van der Waals surface area contributed by atoms with Crippen LogP contribution >= 0.6 is 0 Å². The molecule has 0 aliphatic heterocycles. The molecule has 0 spiro atoms. The molecular weight excluding hydrogens is 188 g/mol. The molecule has 15 heavy (non-hydrogen) atoms. The SMILES string of the molecule is CN(c1cnccc1CO)C1CCCC1. The molecule has 0 aromatic carbocycles. The average Bonchev–Trinajstić information content (AvgIpc) is 2.81. The van der Waals surface area contributed by atoms with Gasteiger partial charge in [-0.05, 0) is 18.9 Å². The number of nitrogens with zero attached hydrogens (tertiary/aromatic N) is 2. The molecule has 0 atom stereocenters. The molecule has 1 aliphatic rings. The van der Waals surface area contributed by atoms with E-state index in [9.17, 15) is 5.11 Å². The third-order valence-corrected chi connectivity index (χ3v) is 3.31. The largest absolute Gasteiger partial charge is 0.392 e. The lowest BCUT2D eigenvalue weighted by molar-refractivity contribution is 0.282. The van der Waals surface area contributed by atoms with Crippen molar-refractivity contribution in [2.24, 2.45) is 0 Å². The van der Waals surface area contributed by atoms with Gasteiger partial charge in [-0.1, -0.05) is 12.8 Å². The Morgan fingerprint density at radius 2 is 2.20 bits per heavy atom. The van der Waals surface area contributed by atoms with Crippen LogP contribution in [0.25, 0.3) is 0 Å². The maximum absolute atomic E-state index is 9.26. The Balaban J connectivity index is 2.19. The first-order valence-corrected chi connectivity index (χ1v) is 5.59. The van der Waals surface area contributed by atoms with Crippen LogP contribution in [0, 0.1) is 0 Å². The van der Waals surface area contributed by atoms with E-state index in [1.54, 1.807) is 6.20 Å². The van der Waals surface area contributed by atoms with Gasteiger partial charge in [-0.2, -0.15) is 0 Å². The summed E-state index contributed by atoms with van der Waals surface area (Å²) < 4.78 is 0. The third-order valence-electron chi connectivity index (χ3n) is 3.31. The molecule has 1 heterocycles. The highest BCUT2D eigenvalue weighted by Gasteiger charge is 2.21. The van der Waals surface area contributed by atoms with Crippen LogP contribution in [0.3, 0.4) is 0 Å². The van der Waals surface area contributed by atoms with E-state index in [-0.39, 0.29) is 6.61 Å². The van der Waals surface area contributed by atoms with Gasteiger partial charge < -0.3 is 10.0 Å². The van der Waals surface area contributed by atoms with Gasteiger partial charge in [0.25, 0.3) is 0 Å². The summed E-state index contributed by atoms with van der Waals surface area (Å²) in [7, 11) is 2.10. The Hall–Kier alpha value is -1.09. The zero-order chi connectivity index (χ0) is 10.7. The fraction of sp³-hybridized carbons (Fsp3) is 0.583. The summed E-state index contributed by atoms with van der Waals surface area (Å²) in [6, 6.07) is 2.51. The second-order valence-electron chi connectivity index (χ2n) is 4.21. The third kappa shape index (κ3) is 2.12. The number of anilines is 1. The van der Waals surface area contributed by atoms with Gasteiger partial charge in [0.15, 0.2) is 0 Å². The van der Waals surface area contributed by atoms with Crippen molar-refractivity contribution in [3.8, 4) is 0 Å². The topological polar surface area (TPSA) is 36.4 Å². The molecule has 3 heteroatoms. The maximum atomic E-state index is 9.26. The van der Waals surface area contributed by atoms with Crippen molar-refractivity contribution < 1.29 is 5.11 Å². The van der Waals surface area contributed by atoms with E-state index in [0.29, 0.717) is 6.04 Å². The summed E-state index contributed by atoms with van der Waals surface area (Å²) in [5.74, 6) is 0. The zero-order valence-corrected chi connectivity index (χ0v) is 9.19. The van der Waals surface area contributed by atoms with E-state index in [0.717, 1.165) is 11.3 Å². The molecule has 82 valence electrons. The number of aliphatic hydroxyl groups excluding tert-OH is 1. The lowest BCUT2D eigenvalue weighted by Gasteiger charge is -2.27. The highest BCUT2D eigenvalue weighted by Crippen LogP contribution is 2.28. The molecular formula is C12H18N2O. The van der Waals surface area contributed by atoms with Crippen molar-refractivity contribution in [1.82, 2.24) is 4.98 Å². The highest BCUT2D eigenvalue weighted by molar-refractivity contribution is 5.51. The molecule has 3 nitrogen and oxygen atoms in total. The van der Waals surface area contributed by atoms with Gasteiger partial charge in [-0.25, -0.2) is 0 Å². The van der Waals surface area contributed by atoms with E-state index in [4.69, 9.17) is 0 Å². The normalized spacial score (nSPS) is 16.9. The van der Waals surface area contributed by atoms with Crippen molar-refractivity contribution >= 4 is 5.69 Å². The van der Waals surface area contributed by atoms with Gasteiger partial charge in [-0.15, -0.1) is 0 Å². The lowest BCUT2D eigenvalue weighted by atomic mass is 10.1. The van der Waals surface area contributed by atoms with Crippen LogP contribution in [0.5, 0.6) is 0 Å². The van der Waals surface area contributed by atoms with E-state index in [1.165, 1.54) is 25.7 Å². The van der Waals surface area contributed by atoms with E-state index in [2.05, 4.69) is 16.9 Å². The molecule has 0 bridgehead atoms. The number of rotatable bonds is 3. The van der Waals surface area contributed by atoms with Gasteiger partial charge in [0.05, 0.1) is 18.5 Å². The first kappa shape index (κ1) is 10.4.